The van der Waals surface area contributed by atoms with Crippen LogP contribution in [0.1, 0.15) is 11.1 Å². The molecule has 0 atom stereocenters. The van der Waals surface area contributed by atoms with E-state index >= 15 is 0 Å². The van der Waals surface area contributed by atoms with E-state index in [0.717, 1.165) is 15.6 Å². The molecule has 0 aliphatic carbocycles. The van der Waals surface area contributed by atoms with Gasteiger partial charge in [-0.2, -0.15) is 0 Å². The zero-order valence-corrected chi connectivity index (χ0v) is 13.3. The highest BCUT2D eigenvalue weighted by atomic mass is 79.9. The summed E-state index contributed by atoms with van der Waals surface area (Å²) >= 11 is 9.46. The number of para-hydroxylation sites is 1. The number of hydrogen-bond donors (Lipinski definition) is 1. The lowest BCUT2D eigenvalue weighted by Crippen LogP contribution is -2.08. The third kappa shape index (κ3) is 3.72. The Morgan fingerprint density at radius 2 is 2.05 bits per heavy atom. The number of benzene rings is 2. The van der Waals surface area contributed by atoms with E-state index in [1.807, 2.05) is 18.2 Å². The Balaban J connectivity index is 2.18. The maximum Gasteiger partial charge on any atom is 0.165 e. The van der Waals surface area contributed by atoms with Crippen molar-refractivity contribution in [3.05, 3.63) is 62.8 Å². The molecule has 0 aliphatic heterocycles. The van der Waals surface area contributed by atoms with Gasteiger partial charge in [0.25, 0.3) is 0 Å². The smallest absolute Gasteiger partial charge is 0.165 e. The molecule has 0 aliphatic rings. The molecule has 106 valence electrons. The summed E-state index contributed by atoms with van der Waals surface area (Å²) in [6.45, 7) is 0.769. The molecule has 0 heterocycles. The van der Waals surface area contributed by atoms with E-state index in [0.29, 0.717) is 11.6 Å². The number of ether oxygens (including phenoxy) is 1. The maximum absolute atomic E-state index is 13.8. The quantitative estimate of drug-likeness (QED) is 0.847. The van der Waals surface area contributed by atoms with Gasteiger partial charge >= 0.3 is 0 Å². The molecular weight excluding hydrogens is 345 g/mol. The Bertz CT molecular complexity index is 606. The molecule has 1 N–H and O–H groups in total. The van der Waals surface area contributed by atoms with Crippen molar-refractivity contribution in [2.45, 2.75) is 13.2 Å². The Morgan fingerprint density at radius 3 is 2.75 bits per heavy atom. The lowest BCUT2D eigenvalue weighted by molar-refractivity contribution is 0.286. The molecule has 0 spiro atoms. The Kier molecular flexibility index (Phi) is 5.40. The fraction of sp³-hybridized carbons (Fsp3) is 0.200. The van der Waals surface area contributed by atoms with Crippen LogP contribution in [0.25, 0.3) is 0 Å². The van der Waals surface area contributed by atoms with Crippen LogP contribution >= 0.6 is 27.5 Å². The van der Waals surface area contributed by atoms with Crippen molar-refractivity contribution in [3.8, 4) is 5.75 Å². The topological polar surface area (TPSA) is 21.3 Å². The van der Waals surface area contributed by atoms with E-state index in [-0.39, 0.29) is 18.2 Å². The van der Waals surface area contributed by atoms with Gasteiger partial charge in [-0.1, -0.05) is 45.7 Å². The lowest BCUT2D eigenvalue weighted by atomic mass is 10.2. The van der Waals surface area contributed by atoms with E-state index in [1.165, 1.54) is 6.07 Å². The minimum absolute atomic E-state index is 0.226. The second-order valence-corrected chi connectivity index (χ2v) is 5.61. The summed E-state index contributed by atoms with van der Waals surface area (Å²) in [7, 11) is 1.81. The molecule has 2 nitrogen and oxygen atoms in total. The van der Waals surface area contributed by atoms with E-state index in [2.05, 4.69) is 21.2 Å². The average molecular weight is 359 g/mol. The molecule has 0 bridgehead atoms. The van der Waals surface area contributed by atoms with Gasteiger partial charge in [0.15, 0.2) is 11.6 Å². The maximum atomic E-state index is 13.8. The Hall–Kier alpha value is -1.10. The number of halogens is 3. The summed E-state index contributed by atoms with van der Waals surface area (Å²) in [5.74, 6) is -0.105. The van der Waals surface area contributed by atoms with Gasteiger partial charge in [-0.15, -0.1) is 0 Å². The first-order valence-corrected chi connectivity index (χ1v) is 7.27. The van der Waals surface area contributed by atoms with Crippen molar-refractivity contribution in [2.24, 2.45) is 0 Å². The Labute approximate surface area is 131 Å². The molecular formula is C15H14BrClFNO. The van der Waals surface area contributed by atoms with E-state index in [9.17, 15) is 4.39 Å². The Morgan fingerprint density at radius 1 is 1.25 bits per heavy atom. The van der Waals surface area contributed by atoms with Crippen LogP contribution in [0.5, 0.6) is 5.75 Å². The summed E-state index contributed by atoms with van der Waals surface area (Å²) in [5.41, 5.74) is 1.59. The summed E-state index contributed by atoms with van der Waals surface area (Å²) in [4.78, 5) is 0. The monoisotopic (exact) mass is 357 g/mol. The van der Waals surface area contributed by atoms with Crippen LogP contribution in [0.4, 0.5) is 4.39 Å². The predicted octanol–water partition coefficient (Wildman–Crippen LogP) is 4.54. The molecule has 0 amide bonds. The first-order valence-electron chi connectivity index (χ1n) is 6.10. The second kappa shape index (κ2) is 7.07. The van der Waals surface area contributed by atoms with Gasteiger partial charge < -0.3 is 10.1 Å². The lowest BCUT2D eigenvalue weighted by Gasteiger charge is -2.13. The van der Waals surface area contributed by atoms with Gasteiger partial charge in [0.05, 0.1) is 0 Å². The summed E-state index contributed by atoms with van der Waals surface area (Å²) in [6.07, 6.45) is 0. The molecule has 2 rings (SSSR count). The third-order valence-corrected chi connectivity index (χ3v) is 3.65. The van der Waals surface area contributed by atoms with Gasteiger partial charge in [0, 0.05) is 27.2 Å². The van der Waals surface area contributed by atoms with Crippen molar-refractivity contribution < 1.29 is 9.13 Å². The van der Waals surface area contributed by atoms with E-state index in [4.69, 9.17) is 16.3 Å². The van der Waals surface area contributed by atoms with Crippen LogP contribution in [0.3, 0.4) is 0 Å². The highest BCUT2D eigenvalue weighted by Gasteiger charge is 2.10. The van der Waals surface area contributed by atoms with Crippen molar-refractivity contribution in [1.82, 2.24) is 5.32 Å². The van der Waals surface area contributed by atoms with Crippen LogP contribution in [0.15, 0.2) is 40.9 Å². The van der Waals surface area contributed by atoms with Gasteiger partial charge in [-0.3, -0.25) is 0 Å². The molecule has 0 radical (unpaired) electrons. The molecule has 0 unspecified atom stereocenters. The van der Waals surface area contributed by atoms with E-state index in [1.54, 1.807) is 19.2 Å². The molecule has 20 heavy (non-hydrogen) atoms. The van der Waals surface area contributed by atoms with Gasteiger partial charge in [0.2, 0.25) is 0 Å². The SMILES string of the molecule is CNCc1cccc(F)c1OCc1ccc(Br)cc1Cl. The number of rotatable bonds is 5. The average Bonchev–Trinajstić information content (AvgIpc) is 2.40. The molecule has 2 aromatic rings. The summed E-state index contributed by atoms with van der Waals surface area (Å²) < 4.78 is 20.4. The molecule has 0 fully saturated rings. The van der Waals surface area contributed by atoms with Crippen LogP contribution < -0.4 is 10.1 Å². The first kappa shape index (κ1) is 15.3. The molecule has 0 aromatic heterocycles. The summed E-state index contributed by atoms with van der Waals surface area (Å²) in [5, 5.41) is 3.58. The third-order valence-electron chi connectivity index (χ3n) is 2.80. The molecule has 5 heteroatoms. The van der Waals surface area contributed by atoms with E-state index < -0.39 is 0 Å². The van der Waals surface area contributed by atoms with Crippen LogP contribution in [-0.2, 0) is 13.2 Å². The van der Waals surface area contributed by atoms with Crippen LogP contribution in [0.2, 0.25) is 5.02 Å². The predicted molar refractivity (Wildman–Crippen MR) is 82.6 cm³/mol. The fourth-order valence-electron chi connectivity index (χ4n) is 1.83. The first-order chi connectivity index (χ1) is 9.61. The normalized spacial score (nSPS) is 10.6. The highest BCUT2D eigenvalue weighted by Crippen LogP contribution is 2.26. The zero-order valence-electron chi connectivity index (χ0n) is 10.9. The van der Waals surface area contributed by atoms with Crippen LogP contribution in [-0.4, -0.2) is 7.05 Å². The highest BCUT2D eigenvalue weighted by molar-refractivity contribution is 9.10. The van der Waals surface area contributed by atoms with Gasteiger partial charge in [-0.05, 0) is 25.2 Å². The standard InChI is InChI=1S/C15H14BrClFNO/c1-19-8-10-3-2-4-14(18)15(10)20-9-11-5-6-12(16)7-13(11)17/h2-7,19H,8-9H2,1H3. The zero-order chi connectivity index (χ0) is 14.5. The second-order valence-electron chi connectivity index (χ2n) is 4.28. The fourth-order valence-corrected chi connectivity index (χ4v) is 2.56. The number of nitrogens with one attached hydrogen (secondary N) is 1. The number of hydrogen-bond acceptors (Lipinski definition) is 2. The van der Waals surface area contributed by atoms with Crippen molar-refractivity contribution in [1.29, 1.82) is 0 Å². The largest absolute Gasteiger partial charge is 0.485 e. The van der Waals surface area contributed by atoms with Gasteiger partial charge in [0.1, 0.15) is 6.61 Å². The van der Waals surface area contributed by atoms with Crippen molar-refractivity contribution >= 4 is 27.5 Å². The molecule has 0 saturated carbocycles. The van der Waals surface area contributed by atoms with Crippen molar-refractivity contribution in [3.63, 3.8) is 0 Å². The molecule has 0 saturated heterocycles. The van der Waals surface area contributed by atoms with Crippen LogP contribution in [0, 0.1) is 5.82 Å². The van der Waals surface area contributed by atoms with Gasteiger partial charge in [-0.25, -0.2) is 4.39 Å². The minimum atomic E-state index is -0.369. The minimum Gasteiger partial charge on any atom is -0.485 e. The van der Waals surface area contributed by atoms with Crippen molar-refractivity contribution in [2.75, 3.05) is 7.05 Å². The summed E-state index contributed by atoms with van der Waals surface area (Å²) in [6, 6.07) is 10.4. The molecule has 2 aromatic carbocycles.